The van der Waals surface area contributed by atoms with Gasteiger partial charge in [-0.1, -0.05) is 18.2 Å². The Bertz CT molecular complexity index is 403. The molecule has 0 fully saturated rings. The highest BCUT2D eigenvalue weighted by atomic mass is 14.5. The average Bonchev–Trinajstić information content (AvgIpc) is 2.17. The van der Waals surface area contributed by atoms with Crippen molar-refractivity contribution >= 4 is 11.8 Å². The molecule has 1 aromatic rings. The van der Waals surface area contributed by atoms with Crippen LogP contribution in [-0.2, 0) is 0 Å². The van der Waals surface area contributed by atoms with Crippen molar-refractivity contribution in [1.29, 1.82) is 10.5 Å². The van der Waals surface area contributed by atoms with E-state index >= 15 is 0 Å². The van der Waals surface area contributed by atoms with Gasteiger partial charge < -0.3 is 5.73 Å². The van der Waals surface area contributed by atoms with Gasteiger partial charge in [-0.3, -0.25) is 0 Å². The second-order valence-electron chi connectivity index (χ2n) is 2.41. The Labute approximate surface area is 76.3 Å². The van der Waals surface area contributed by atoms with Crippen LogP contribution >= 0.6 is 0 Å². The number of anilines is 1. The maximum absolute atomic E-state index is 8.50. The van der Waals surface area contributed by atoms with E-state index in [2.05, 4.69) is 0 Å². The van der Waals surface area contributed by atoms with E-state index in [1.165, 1.54) is 6.08 Å². The van der Waals surface area contributed by atoms with Crippen LogP contribution in [0.5, 0.6) is 0 Å². The van der Waals surface area contributed by atoms with Crippen LogP contribution < -0.4 is 5.73 Å². The Hall–Kier alpha value is -2.26. The molecule has 0 spiro atoms. The van der Waals surface area contributed by atoms with Crippen molar-refractivity contribution in [3.05, 3.63) is 35.4 Å². The molecule has 0 unspecified atom stereocenters. The summed E-state index contributed by atoms with van der Waals surface area (Å²) in [5.74, 6) is 0. The molecule has 0 aliphatic rings. The van der Waals surface area contributed by atoms with E-state index in [1.54, 1.807) is 36.4 Å². The molecule has 3 heteroatoms. The van der Waals surface area contributed by atoms with E-state index in [-0.39, 0.29) is 5.57 Å². The lowest BCUT2D eigenvalue weighted by Crippen LogP contribution is -1.88. The number of nitriles is 2. The number of para-hydroxylation sites is 1. The molecular weight excluding hydrogens is 162 g/mol. The maximum Gasteiger partial charge on any atom is 0.130 e. The van der Waals surface area contributed by atoms with Crippen LogP contribution in [0.1, 0.15) is 5.56 Å². The summed E-state index contributed by atoms with van der Waals surface area (Å²) in [5, 5.41) is 17.0. The molecule has 0 aliphatic heterocycles. The fourth-order valence-corrected chi connectivity index (χ4v) is 0.887. The molecule has 2 N–H and O–H groups in total. The zero-order valence-corrected chi connectivity index (χ0v) is 6.86. The Kier molecular flexibility index (Phi) is 2.68. The van der Waals surface area contributed by atoms with E-state index in [0.29, 0.717) is 11.3 Å². The summed E-state index contributed by atoms with van der Waals surface area (Å²) < 4.78 is 0. The van der Waals surface area contributed by atoms with Gasteiger partial charge in [-0.15, -0.1) is 0 Å². The molecule has 0 heterocycles. The van der Waals surface area contributed by atoms with Gasteiger partial charge in [-0.2, -0.15) is 10.5 Å². The molecule has 3 nitrogen and oxygen atoms in total. The zero-order valence-electron chi connectivity index (χ0n) is 6.86. The highest BCUT2D eigenvalue weighted by molar-refractivity contribution is 5.70. The number of hydrogen-bond donors (Lipinski definition) is 1. The monoisotopic (exact) mass is 169 g/mol. The smallest absolute Gasteiger partial charge is 0.130 e. The second-order valence-corrected chi connectivity index (χ2v) is 2.41. The second kappa shape index (κ2) is 3.94. The molecule has 0 saturated heterocycles. The van der Waals surface area contributed by atoms with Gasteiger partial charge in [0.25, 0.3) is 0 Å². The van der Waals surface area contributed by atoms with Crippen molar-refractivity contribution in [3.8, 4) is 12.1 Å². The Balaban J connectivity index is 3.14. The minimum Gasteiger partial charge on any atom is -0.398 e. The van der Waals surface area contributed by atoms with Crippen LogP contribution in [0, 0.1) is 22.7 Å². The maximum atomic E-state index is 8.50. The molecule has 0 atom stereocenters. The van der Waals surface area contributed by atoms with Crippen LogP contribution in [-0.4, -0.2) is 0 Å². The molecule has 0 saturated carbocycles. The van der Waals surface area contributed by atoms with E-state index in [4.69, 9.17) is 16.3 Å². The van der Waals surface area contributed by atoms with E-state index in [1.807, 2.05) is 0 Å². The summed E-state index contributed by atoms with van der Waals surface area (Å²) >= 11 is 0. The first-order valence-electron chi connectivity index (χ1n) is 3.64. The van der Waals surface area contributed by atoms with E-state index in [9.17, 15) is 0 Å². The van der Waals surface area contributed by atoms with Crippen LogP contribution in [0.15, 0.2) is 29.8 Å². The Morgan fingerprint density at radius 1 is 1.23 bits per heavy atom. The summed E-state index contributed by atoms with van der Waals surface area (Å²) in [5.41, 5.74) is 6.92. The summed E-state index contributed by atoms with van der Waals surface area (Å²) in [4.78, 5) is 0. The van der Waals surface area contributed by atoms with Gasteiger partial charge in [-0.05, 0) is 17.7 Å². The first kappa shape index (κ1) is 8.83. The minimum atomic E-state index is 0.0536. The molecule has 62 valence electrons. The highest BCUT2D eigenvalue weighted by Crippen LogP contribution is 2.13. The topological polar surface area (TPSA) is 73.6 Å². The number of nitrogens with two attached hydrogens (primary N) is 1. The van der Waals surface area contributed by atoms with Gasteiger partial charge in [0, 0.05) is 5.69 Å². The lowest BCUT2D eigenvalue weighted by molar-refractivity contribution is 1.47. The van der Waals surface area contributed by atoms with Crippen molar-refractivity contribution in [2.75, 3.05) is 5.73 Å². The van der Waals surface area contributed by atoms with Crippen molar-refractivity contribution in [3.63, 3.8) is 0 Å². The SMILES string of the molecule is N#CC(C#N)=Cc1ccccc1N. The van der Waals surface area contributed by atoms with Gasteiger partial charge in [0.2, 0.25) is 0 Å². The van der Waals surface area contributed by atoms with Gasteiger partial charge in [0.15, 0.2) is 0 Å². The number of nitrogen functional groups attached to an aromatic ring is 1. The fourth-order valence-electron chi connectivity index (χ4n) is 0.887. The summed E-state index contributed by atoms with van der Waals surface area (Å²) in [6.45, 7) is 0. The quantitative estimate of drug-likeness (QED) is 0.513. The molecule has 1 aromatic carbocycles. The third-order valence-electron chi connectivity index (χ3n) is 1.54. The predicted octanol–water partition coefficient (Wildman–Crippen LogP) is 1.70. The third kappa shape index (κ3) is 2.08. The largest absolute Gasteiger partial charge is 0.398 e. The van der Waals surface area contributed by atoms with Crippen LogP contribution in [0.4, 0.5) is 5.69 Å². The van der Waals surface area contributed by atoms with Gasteiger partial charge in [0.05, 0.1) is 0 Å². The number of benzene rings is 1. The zero-order chi connectivity index (χ0) is 9.68. The van der Waals surface area contributed by atoms with E-state index < -0.39 is 0 Å². The lowest BCUT2D eigenvalue weighted by atomic mass is 10.1. The molecule has 0 bridgehead atoms. The van der Waals surface area contributed by atoms with Crippen molar-refractivity contribution in [2.45, 2.75) is 0 Å². The average molecular weight is 169 g/mol. The summed E-state index contributed by atoms with van der Waals surface area (Å²) in [6.07, 6.45) is 1.47. The summed E-state index contributed by atoms with van der Waals surface area (Å²) in [6, 6.07) is 10.6. The molecular formula is C10H7N3. The van der Waals surface area contributed by atoms with Gasteiger partial charge in [-0.25, -0.2) is 0 Å². The van der Waals surface area contributed by atoms with Crippen LogP contribution in [0.25, 0.3) is 6.08 Å². The highest BCUT2D eigenvalue weighted by Gasteiger charge is 1.96. The number of allylic oxidation sites excluding steroid dienone is 1. The molecule has 0 aromatic heterocycles. The number of hydrogen-bond acceptors (Lipinski definition) is 3. The van der Waals surface area contributed by atoms with Crippen molar-refractivity contribution in [2.24, 2.45) is 0 Å². The fraction of sp³-hybridized carbons (Fsp3) is 0. The molecule has 0 amide bonds. The number of nitrogens with zero attached hydrogens (tertiary/aromatic N) is 2. The molecule has 0 aliphatic carbocycles. The van der Waals surface area contributed by atoms with Crippen molar-refractivity contribution in [1.82, 2.24) is 0 Å². The number of rotatable bonds is 1. The van der Waals surface area contributed by atoms with Crippen molar-refractivity contribution < 1.29 is 0 Å². The first-order chi connectivity index (χ1) is 6.27. The normalized spacial score (nSPS) is 8.15. The first-order valence-corrected chi connectivity index (χ1v) is 3.64. The van der Waals surface area contributed by atoms with Crippen LogP contribution in [0.2, 0.25) is 0 Å². The van der Waals surface area contributed by atoms with Crippen LogP contribution in [0.3, 0.4) is 0 Å². The Morgan fingerprint density at radius 2 is 1.85 bits per heavy atom. The third-order valence-corrected chi connectivity index (χ3v) is 1.54. The standard InChI is InChI=1S/C10H7N3/c11-6-8(7-12)5-9-3-1-2-4-10(9)13/h1-5H,13H2. The lowest BCUT2D eigenvalue weighted by Gasteiger charge is -1.97. The minimum absolute atomic E-state index is 0.0536. The van der Waals surface area contributed by atoms with Gasteiger partial charge in [0.1, 0.15) is 17.7 Å². The summed E-state index contributed by atoms with van der Waals surface area (Å²) in [7, 11) is 0. The molecule has 13 heavy (non-hydrogen) atoms. The molecule has 0 radical (unpaired) electrons. The van der Waals surface area contributed by atoms with E-state index in [0.717, 1.165) is 0 Å². The predicted molar refractivity (Wildman–Crippen MR) is 50.1 cm³/mol. The van der Waals surface area contributed by atoms with Gasteiger partial charge >= 0.3 is 0 Å². The Morgan fingerprint density at radius 3 is 2.38 bits per heavy atom. The molecule has 1 rings (SSSR count).